The van der Waals surface area contributed by atoms with Gasteiger partial charge in [-0.15, -0.1) is 0 Å². The lowest BCUT2D eigenvalue weighted by Gasteiger charge is -1.99. The Balaban J connectivity index is 2.45. The summed E-state index contributed by atoms with van der Waals surface area (Å²) in [4.78, 5) is 0. The molecule has 0 aliphatic heterocycles. The second-order valence-electron chi connectivity index (χ2n) is 3.21. The van der Waals surface area contributed by atoms with Gasteiger partial charge in [0.1, 0.15) is 11.6 Å². The van der Waals surface area contributed by atoms with Crippen molar-refractivity contribution in [2.24, 2.45) is 0 Å². The smallest absolute Gasteiger partial charge is 0.149 e. The number of anilines is 1. The van der Waals surface area contributed by atoms with E-state index >= 15 is 0 Å². The molecule has 2 aromatic rings. The van der Waals surface area contributed by atoms with Crippen LogP contribution < -0.4 is 5.73 Å². The van der Waals surface area contributed by atoms with Crippen molar-refractivity contribution in [2.75, 3.05) is 5.73 Å². The Hall–Kier alpha value is -1.84. The van der Waals surface area contributed by atoms with E-state index in [0.29, 0.717) is 17.9 Å². The Morgan fingerprint density at radius 1 is 1.47 bits per heavy atom. The van der Waals surface area contributed by atoms with Crippen molar-refractivity contribution in [3.8, 4) is 5.69 Å². The van der Waals surface area contributed by atoms with Gasteiger partial charge < -0.3 is 5.73 Å². The fraction of sp³-hybridized carbons (Fsp3) is 0.0909. The van der Waals surface area contributed by atoms with E-state index in [-0.39, 0.29) is 5.82 Å². The monoisotopic (exact) mass is 204 g/mol. The van der Waals surface area contributed by atoms with Gasteiger partial charge in [-0.2, -0.15) is 5.10 Å². The van der Waals surface area contributed by atoms with E-state index < -0.39 is 0 Å². The zero-order valence-corrected chi connectivity index (χ0v) is 8.15. The van der Waals surface area contributed by atoms with Gasteiger partial charge in [0, 0.05) is 11.8 Å². The number of hydrogen-bond donors (Lipinski definition) is 1. The van der Waals surface area contributed by atoms with E-state index in [1.54, 1.807) is 23.0 Å². The van der Waals surface area contributed by atoms with Crippen LogP contribution in [0.25, 0.3) is 5.69 Å². The molecule has 1 heterocycles. The summed E-state index contributed by atoms with van der Waals surface area (Å²) >= 11 is 0. The van der Waals surface area contributed by atoms with Gasteiger partial charge in [-0.25, -0.2) is 9.07 Å². The highest BCUT2D eigenvalue weighted by Crippen LogP contribution is 2.14. The van der Waals surface area contributed by atoms with Gasteiger partial charge in [0.25, 0.3) is 0 Å². The Kier molecular flexibility index (Phi) is 2.41. The van der Waals surface area contributed by atoms with Crippen LogP contribution in [0.1, 0.15) is 5.56 Å². The van der Waals surface area contributed by atoms with E-state index in [1.165, 1.54) is 12.1 Å². The largest absolute Gasteiger partial charge is 0.382 e. The van der Waals surface area contributed by atoms with E-state index in [9.17, 15) is 4.39 Å². The zero-order chi connectivity index (χ0) is 10.8. The van der Waals surface area contributed by atoms with Crippen LogP contribution in [0.3, 0.4) is 0 Å². The minimum absolute atomic E-state index is 0.294. The molecule has 0 fully saturated rings. The summed E-state index contributed by atoms with van der Waals surface area (Å²) in [6, 6.07) is 6.19. The molecule has 0 saturated heterocycles. The molecule has 2 N–H and O–H groups in total. The van der Waals surface area contributed by atoms with E-state index in [1.807, 2.05) is 0 Å². The van der Waals surface area contributed by atoms with Gasteiger partial charge in [-0.1, -0.05) is 6.07 Å². The van der Waals surface area contributed by atoms with Gasteiger partial charge in [0.2, 0.25) is 0 Å². The average molecular weight is 204 g/mol. The van der Waals surface area contributed by atoms with Crippen molar-refractivity contribution in [1.29, 1.82) is 0 Å². The lowest BCUT2D eigenvalue weighted by molar-refractivity contribution is 0.625. The molecule has 1 aromatic heterocycles. The third-order valence-electron chi connectivity index (χ3n) is 2.16. The first kappa shape index (κ1) is 9.71. The molecule has 0 aliphatic rings. The molecule has 0 unspecified atom stereocenters. The van der Waals surface area contributed by atoms with Crippen molar-refractivity contribution in [3.05, 3.63) is 48.8 Å². The van der Waals surface area contributed by atoms with Crippen LogP contribution in [-0.2, 0) is 6.42 Å². The quantitative estimate of drug-likeness (QED) is 0.812. The predicted molar refractivity (Wildman–Crippen MR) is 57.0 cm³/mol. The molecule has 15 heavy (non-hydrogen) atoms. The topological polar surface area (TPSA) is 43.8 Å². The van der Waals surface area contributed by atoms with Gasteiger partial charge in [-0.3, -0.25) is 0 Å². The average Bonchev–Trinajstić information content (AvgIpc) is 2.60. The first-order valence-electron chi connectivity index (χ1n) is 4.60. The summed E-state index contributed by atoms with van der Waals surface area (Å²) in [7, 11) is 0. The number of nitrogens with two attached hydrogens (primary N) is 1. The molecule has 77 valence electrons. The summed E-state index contributed by atoms with van der Waals surface area (Å²) in [5, 5.41) is 4.08. The Labute approximate surface area is 87.3 Å². The summed E-state index contributed by atoms with van der Waals surface area (Å²) in [6.45, 7) is 3.73. The highest BCUT2D eigenvalue weighted by atomic mass is 19.1. The third-order valence-corrected chi connectivity index (χ3v) is 2.16. The maximum atomic E-state index is 13.0. The molecule has 0 spiro atoms. The van der Waals surface area contributed by atoms with Crippen molar-refractivity contribution < 1.29 is 4.39 Å². The first-order valence-corrected chi connectivity index (χ1v) is 4.60. The van der Waals surface area contributed by atoms with Crippen LogP contribution in [0.2, 0.25) is 0 Å². The van der Waals surface area contributed by atoms with Crippen LogP contribution in [0.5, 0.6) is 0 Å². The second-order valence-corrected chi connectivity index (χ2v) is 3.21. The van der Waals surface area contributed by atoms with Crippen LogP contribution >= 0.6 is 0 Å². The number of rotatable bonds is 2. The first-order chi connectivity index (χ1) is 7.20. The summed E-state index contributed by atoms with van der Waals surface area (Å²) in [6.07, 6.45) is 2.33. The Morgan fingerprint density at radius 3 is 2.87 bits per heavy atom. The SMILES string of the molecule is [CH2]Cc1cn(-c2cccc(F)c2)nc1N. The van der Waals surface area contributed by atoms with Gasteiger partial charge in [0.05, 0.1) is 5.69 Å². The molecule has 0 aliphatic carbocycles. The van der Waals surface area contributed by atoms with Crippen molar-refractivity contribution in [2.45, 2.75) is 6.42 Å². The van der Waals surface area contributed by atoms with Gasteiger partial charge in [-0.05, 0) is 31.5 Å². The molecule has 1 radical (unpaired) electrons. The fourth-order valence-electron chi connectivity index (χ4n) is 1.37. The predicted octanol–water partition coefficient (Wildman–Crippen LogP) is 1.97. The number of aromatic nitrogens is 2. The third kappa shape index (κ3) is 1.83. The van der Waals surface area contributed by atoms with Gasteiger partial charge >= 0.3 is 0 Å². The summed E-state index contributed by atoms with van der Waals surface area (Å²) < 4.78 is 14.5. The van der Waals surface area contributed by atoms with Crippen molar-refractivity contribution in [1.82, 2.24) is 9.78 Å². The highest BCUT2D eigenvalue weighted by Gasteiger charge is 2.05. The highest BCUT2D eigenvalue weighted by molar-refractivity contribution is 5.42. The minimum Gasteiger partial charge on any atom is -0.382 e. The normalized spacial score (nSPS) is 10.5. The van der Waals surface area contributed by atoms with E-state index in [2.05, 4.69) is 12.0 Å². The van der Waals surface area contributed by atoms with Crippen molar-refractivity contribution in [3.63, 3.8) is 0 Å². The maximum absolute atomic E-state index is 13.0. The Bertz CT molecular complexity index is 476. The van der Waals surface area contributed by atoms with Crippen LogP contribution in [0, 0.1) is 12.7 Å². The number of nitrogen functional groups attached to an aromatic ring is 1. The zero-order valence-electron chi connectivity index (χ0n) is 8.15. The molecule has 2 rings (SSSR count). The van der Waals surface area contributed by atoms with Crippen molar-refractivity contribution >= 4 is 5.82 Å². The molecule has 4 heteroatoms. The van der Waals surface area contributed by atoms with E-state index in [4.69, 9.17) is 5.73 Å². The molecular weight excluding hydrogens is 193 g/mol. The molecule has 0 atom stereocenters. The van der Waals surface area contributed by atoms with Crippen LogP contribution in [-0.4, -0.2) is 9.78 Å². The molecule has 1 aromatic carbocycles. The summed E-state index contributed by atoms with van der Waals surface area (Å²) in [5.41, 5.74) is 7.18. The second kappa shape index (κ2) is 3.73. The van der Waals surface area contributed by atoms with Gasteiger partial charge in [0.15, 0.2) is 0 Å². The lowest BCUT2D eigenvalue weighted by atomic mass is 10.2. The molecular formula is C11H11FN3. The minimum atomic E-state index is -0.294. The number of hydrogen-bond acceptors (Lipinski definition) is 2. The van der Waals surface area contributed by atoms with Crippen LogP contribution in [0.15, 0.2) is 30.5 Å². The maximum Gasteiger partial charge on any atom is 0.149 e. The lowest BCUT2D eigenvalue weighted by Crippen LogP contribution is -1.96. The standard InChI is InChI=1S/C11H11FN3/c1-2-8-7-15(14-11(8)13)10-5-3-4-9(12)6-10/h3-7H,1-2H2,(H2,13,14). The molecule has 0 saturated carbocycles. The van der Waals surface area contributed by atoms with E-state index in [0.717, 1.165) is 5.56 Å². The van der Waals surface area contributed by atoms with Crippen LogP contribution in [0.4, 0.5) is 10.2 Å². The molecule has 0 amide bonds. The molecule has 3 nitrogen and oxygen atoms in total. The number of halogens is 1. The fourth-order valence-corrected chi connectivity index (χ4v) is 1.37. The number of nitrogens with zero attached hydrogens (tertiary/aromatic N) is 2. The molecule has 0 bridgehead atoms. The number of benzene rings is 1. The summed E-state index contributed by atoms with van der Waals surface area (Å²) in [5.74, 6) is 0.145. The Morgan fingerprint density at radius 2 is 2.27 bits per heavy atom.